The molecule has 21 heavy (non-hydrogen) atoms. The smallest absolute Gasteiger partial charge is 0.306 e. The molecule has 2 rings (SSSR count). The molecule has 0 radical (unpaired) electrons. The molecule has 2 N–H and O–H groups in total. The van der Waals surface area contributed by atoms with Crippen LogP contribution in [-0.2, 0) is 10.0 Å². The molecule has 1 fully saturated rings. The molecule has 0 aliphatic carbocycles. The fraction of sp³-hybridized carbons (Fsp3) is 0.455. The highest BCUT2D eigenvalue weighted by Gasteiger charge is 2.27. The van der Waals surface area contributed by atoms with E-state index in [-0.39, 0.29) is 18.7 Å². The third-order valence-corrected chi connectivity index (χ3v) is 4.61. The molecular weight excluding hydrogens is 308 g/mol. The van der Waals surface area contributed by atoms with Gasteiger partial charge in [0.15, 0.2) is 0 Å². The van der Waals surface area contributed by atoms with Crippen molar-refractivity contribution >= 4 is 15.7 Å². The number of hydrogen-bond acceptors (Lipinski definition) is 5. The van der Waals surface area contributed by atoms with Crippen LogP contribution in [0.2, 0.25) is 0 Å². The molecule has 0 saturated carbocycles. The summed E-state index contributed by atoms with van der Waals surface area (Å²) in [7, 11) is -4.29. The van der Waals surface area contributed by atoms with Gasteiger partial charge in [0.1, 0.15) is 10.7 Å². The molecule has 1 aromatic carbocycles. The number of hydrogen-bond donors (Lipinski definition) is 2. The summed E-state index contributed by atoms with van der Waals surface area (Å²) < 4.78 is 52.9. The summed E-state index contributed by atoms with van der Waals surface area (Å²) in [6, 6.07) is 0.508. The second-order valence-corrected chi connectivity index (χ2v) is 6.37. The van der Waals surface area contributed by atoms with Gasteiger partial charge in [0.25, 0.3) is 0 Å². The average molecular weight is 321 g/mol. The molecule has 0 aromatic heterocycles. The van der Waals surface area contributed by atoms with Gasteiger partial charge in [0.05, 0.1) is 4.92 Å². The molecule has 1 saturated heterocycles. The van der Waals surface area contributed by atoms with Gasteiger partial charge < -0.3 is 5.32 Å². The minimum atomic E-state index is -4.29. The highest BCUT2D eigenvalue weighted by molar-refractivity contribution is 7.89. The molecular formula is C11H13F2N3O4S. The van der Waals surface area contributed by atoms with Crippen molar-refractivity contribution in [3.63, 3.8) is 0 Å². The van der Waals surface area contributed by atoms with Gasteiger partial charge >= 0.3 is 5.69 Å². The summed E-state index contributed by atoms with van der Waals surface area (Å²) in [6.45, 7) is 0.801. The topological polar surface area (TPSA) is 101 Å². The summed E-state index contributed by atoms with van der Waals surface area (Å²) in [5.41, 5.74) is -1.09. The van der Waals surface area contributed by atoms with Gasteiger partial charge in [0, 0.05) is 24.7 Å². The Morgan fingerprint density at radius 3 is 2.67 bits per heavy atom. The summed E-state index contributed by atoms with van der Waals surface area (Å²) in [5, 5.41) is 13.6. The van der Waals surface area contributed by atoms with Crippen LogP contribution in [0.25, 0.3) is 0 Å². The zero-order chi connectivity index (χ0) is 15.6. The first-order valence-electron chi connectivity index (χ1n) is 6.18. The number of sulfonamides is 1. The molecule has 1 heterocycles. The second kappa shape index (κ2) is 6.00. The fourth-order valence-corrected chi connectivity index (χ4v) is 3.24. The highest BCUT2D eigenvalue weighted by Crippen LogP contribution is 2.24. The van der Waals surface area contributed by atoms with E-state index in [1.54, 1.807) is 0 Å². The molecule has 1 aliphatic rings. The van der Waals surface area contributed by atoms with Gasteiger partial charge in [-0.2, -0.15) is 4.39 Å². The number of nitrogens with zero attached hydrogens (tertiary/aromatic N) is 1. The van der Waals surface area contributed by atoms with E-state index in [9.17, 15) is 27.3 Å². The number of rotatable bonds is 5. The van der Waals surface area contributed by atoms with Gasteiger partial charge in [-0.3, -0.25) is 10.1 Å². The number of nitrogens with one attached hydrogen (secondary N) is 2. The van der Waals surface area contributed by atoms with Gasteiger partial charge in [-0.15, -0.1) is 0 Å². The maximum absolute atomic E-state index is 13.6. The third kappa shape index (κ3) is 3.52. The standard InChI is InChI=1S/C11H13F2N3O4S/c12-8-4-9(13)11(5-10(8)16(17)18)21(19,20)15-6-7-2-1-3-14-7/h4-5,7,14-15H,1-3,6H2. The Balaban J connectivity index is 2.26. The van der Waals surface area contributed by atoms with Crippen molar-refractivity contribution in [1.29, 1.82) is 0 Å². The van der Waals surface area contributed by atoms with E-state index in [0.29, 0.717) is 6.07 Å². The van der Waals surface area contributed by atoms with Crippen molar-refractivity contribution in [3.05, 3.63) is 33.9 Å². The molecule has 0 spiro atoms. The number of nitro benzene ring substituents is 1. The van der Waals surface area contributed by atoms with E-state index in [4.69, 9.17) is 0 Å². The molecule has 1 unspecified atom stereocenters. The van der Waals surface area contributed by atoms with Crippen LogP contribution >= 0.6 is 0 Å². The van der Waals surface area contributed by atoms with Gasteiger partial charge in [-0.05, 0) is 19.4 Å². The van der Waals surface area contributed by atoms with Crippen molar-refractivity contribution in [2.75, 3.05) is 13.1 Å². The van der Waals surface area contributed by atoms with E-state index in [0.717, 1.165) is 19.4 Å². The SMILES string of the molecule is O=[N+]([O-])c1cc(S(=O)(=O)NCC2CCCN2)c(F)cc1F. The van der Waals surface area contributed by atoms with Crippen LogP contribution in [0.4, 0.5) is 14.5 Å². The fourth-order valence-electron chi connectivity index (χ4n) is 2.08. The zero-order valence-corrected chi connectivity index (χ0v) is 11.6. The third-order valence-electron chi connectivity index (χ3n) is 3.17. The summed E-state index contributed by atoms with van der Waals surface area (Å²) in [5.74, 6) is -2.79. The van der Waals surface area contributed by atoms with Crippen LogP contribution in [0.15, 0.2) is 17.0 Å². The van der Waals surface area contributed by atoms with Crippen LogP contribution in [0.5, 0.6) is 0 Å². The monoisotopic (exact) mass is 321 g/mol. The quantitative estimate of drug-likeness (QED) is 0.620. The lowest BCUT2D eigenvalue weighted by molar-refractivity contribution is -0.387. The molecule has 0 amide bonds. The molecule has 1 atom stereocenters. The zero-order valence-electron chi connectivity index (χ0n) is 10.8. The van der Waals surface area contributed by atoms with Crippen LogP contribution in [0.3, 0.4) is 0 Å². The van der Waals surface area contributed by atoms with Gasteiger partial charge in [0.2, 0.25) is 15.8 Å². The Labute approximate surface area is 119 Å². The lowest BCUT2D eigenvalue weighted by atomic mass is 10.2. The Hall–Kier alpha value is -1.65. The lowest BCUT2D eigenvalue weighted by Gasteiger charge is -2.12. The Morgan fingerprint density at radius 2 is 2.10 bits per heavy atom. The van der Waals surface area contributed by atoms with Crippen molar-refractivity contribution in [2.24, 2.45) is 0 Å². The van der Waals surface area contributed by atoms with Crippen molar-refractivity contribution in [2.45, 2.75) is 23.8 Å². The predicted octanol–water partition coefficient (Wildman–Crippen LogP) is 0.903. The van der Waals surface area contributed by atoms with Crippen LogP contribution in [0.1, 0.15) is 12.8 Å². The summed E-state index contributed by atoms with van der Waals surface area (Å²) in [6.07, 6.45) is 1.68. The molecule has 1 aliphatic heterocycles. The van der Waals surface area contributed by atoms with E-state index in [1.165, 1.54) is 0 Å². The van der Waals surface area contributed by atoms with E-state index >= 15 is 0 Å². The average Bonchev–Trinajstić information content (AvgIpc) is 2.88. The van der Waals surface area contributed by atoms with Crippen LogP contribution < -0.4 is 10.0 Å². The van der Waals surface area contributed by atoms with E-state index < -0.39 is 37.2 Å². The van der Waals surface area contributed by atoms with E-state index in [1.807, 2.05) is 0 Å². The number of benzene rings is 1. The maximum atomic E-state index is 13.6. The summed E-state index contributed by atoms with van der Waals surface area (Å²) >= 11 is 0. The second-order valence-electron chi connectivity index (χ2n) is 4.64. The van der Waals surface area contributed by atoms with Gasteiger partial charge in [-0.1, -0.05) is 0 Å². The number of halogens is 2. The van der Waals surface area contributed by atoms with Crippen molar-refractivity contribution in [1.82, 2.24) is 10.0 Å². The van der Waals surface area contributed by atoms with Crippen molar-refractivity contribution < 1.29 is 22.1 Å². The minimum Gasteiger partial charge on any atom is -0.313 e. The van der Waals surface area contributed by atoms with Crippen molar-refractivity contribution in [3.8, 4) is 0 Å². The maximum Gasteiger partial charge on any atom is 0.306 e. The normalized spacial score (nSPS) is 18.9. The predicted molar refractivity (Wildman–Crippen MR) is 69.2 cm³/mol. The first kappa shape index (κ1) is 15.7. The number of nitro groups is 1. The molecule has 10 heteroatoms. The Kier molecular flexibility index (Phi) is 4.49. The first-order chi connectivity index (χ1) is 9.81. The first-order valence-corrected chi connectivity index (χ1v) is 7.66. The summed E-state index contributed by atoms with van der Waals surface area (Å²) in [4.78, 5) is 8.56. The Morgan fingerprint density at radius 1 is 1.38 bits per heavy atom. The minimum absolute atomic E-state index is 0.0347. The van der Waals surface area contributed by atoms with Gasteiger partial charge in [-0.25, -0.2) is 17.5 Å². The molecule has 0 bridgehead atoms. The highest BCUT2D eigenvalue weighted by atomic mass is 32.2. The molecule has 7 nitrogen and oxygen atoms in total. The van der Waals surface area contributed by atoms with Crippen LogP contribution in [-0.4, -0.2) is 32.5 Å². The van der Waals surface area contributed by atoms with E-state index in [2.05, 4.69) is 10.0 Å². The molecule has 1 aromatic rings. The largest absolute Gasteiger partial charge is 0.313 e. The molecule has 116 valence electrons. The Bertz CT molecular complexity index is 660. The lowest BCUT2D eigenvalue weighted by Crippen LogP contribution is -2.37. The van der Waals surface area contributed by atoms with Crippen LogP contribution in [0, 0.1) is 21.7 Å².